The molecule has 1 unspecified atom stereocenters. The Balaban J connectivity index is 1.89. The molecule has 3 rings (SSSR count). The lowest BCUT2D eigenvalue weighted by molar-refractivity contribution is 0.113. The summed E-state index contributed by atoms with van der Waals surface area (Å²) in [5.74, 6) is 2.44. The van der Waals surface area contributed by atoms with Gasteiger partial charge in [-0.15, -0.1) is 0 Å². The summed E-state index contributed by atoms with van der Waals surface area (Å²) in [7, 11) is 0. The molecule has 32 heavy (non-hydrogen) atoms. The van der Waals surface area contributed by atoms with Crippen molar-refractivity contribution in [1.82, 2.24) is 15.1 Å². The summed E-state index contributed by atoms with van der Waals surface area (Å²) in [6, 6.07) is 5.89. The highest BCUT2D eigenvalue weighted by molar-refractivity contribution is 5.71. The van der Waals surface area contributed by atoms with Crippen LogP contribution in [0.5, 0.6) is 5.75 Å². The Bertz CT molecular complexity index is 1040. The summed E-state index contributed by atoms with van der Waals surface area (Å²) in [4.78, 5) is 9.09. The zero-order valence-corrected chi connectivity index (χ0v) is 19.1. The lowest BCUT2D eigenvalue weighted by atomic mass is 10.0. The minimum atomic E-state index is -0.696. The number of aromatic nitrogens is 3. The zero-order valence-electron chi connectivity index (χ0n) is 19.1. The maximum atomic E-state index is 9.72. The second kappa shape index (κ2) is 10.9. The van der Waals surface area contributed by atoms with Gasteiger partial charge in [0.2, 0.25) is 5.82 Å². The summed E-state index contributed by atoms with van der Waals surface area (Å²) in [5.41, 5.74) is 9.87. The first-order valence-electron chi connectivity index (χ1n) is 11.0. The third-order valence-electron chi connectivity index (χ3n) is 4.95. The van der Waals surface area contributed by atoms with E-state index in [2.05, 4.69) is 25.8 Å². The average molecular weight is 441 g/mol. The number of hydrogen-bond donors (Lipinski definition) is 4. The normalized spacial score (nSPS) is 11.9. The third kappa shape index (κ3) is 5.35. The fraction of sp³-hybridized carbons (Fsp3) is 0.435. The van der Waals surface area contributed by atoms with Gasteiger partial charge in [-0.3, -0.25) is 0 Å². The second-order valence-corrected chi connectivity index (χ2v) is 7.44. The lowest BCUT2D eigenvalue weighted by Gasteiger charge is -2.16. The van der Waals surface area contributed by atoms with Gasteiger partial charge in [-0.05, 0) is 56.5 Å². The predicted octanol–water partition coefficient (Wildman–Crippen LogP) is 3.23. The zero-order chi connectivity index (χ0) is 23.1. The molecule has 0 saturated heterocycles. The molecule has 0 fully saturated rings. The first-order chi connectivity index (χ1) is 15.5. The number of anilines is 2. The maximum absolute atomic E-state index is 9.72. The monoisotopic (exact) mass is 440 g/mol. The summed E-state index contributed by atoms with van der Waals surface area (Å²) in [5, 5.41) is 20.5. The van der Waals surface area contributed by atoms with E-state index in [-0.39, 0.29) is 13.2 Å². The molecule has 3 aromatic rings. The Labute approximate surface area is 188 Å². The Hall–Kier alpha value is -3.17. The molecule has 1 aromatic carbocycles. The molecule has 9 nitrogen and oxygen atoms in total. The van der Waals surface area contributed by atoms with Gasteiger partial charge in [0.25, 0.3) is 5.89 Å². The summed E-state index contributed by atoms with van der Waals surface area (Å²) in [6.07, 6.45) is 1.78. The molecule has 172 valence electrons. The number of aliphatic hydroxyl groups excluding tert-OH is 1. The molecule has 0 aliphatic rings. The maximum Gasteiger partial charge on any atom is 0.259 e. The molecule has 9 heteroatoms. The van der Waals surface area contributed by atoms with E-state index in [4.69, 9.17) is 15.0 Å². The van der Waals surface area contributed by atoms with Crippen LogP contribution in [-0.4, -0.2) is 52.6 Å². The Morgan fingerprint density at radius 3 is 2.59 bits per heavy atom. The molecule has 0 spiro atoms. The van der Waals surface area contributed by atoms with Crippen molar-refractivity contribution in [2.45, 2.75) is 40.2 Å². The molecule has 0 aliphatic heterocycles. The topological polar surface area (TPSA) is 131 Å². The first-order valence-corrected chi connectivity index (χ1v) is 11.0. The number of nitrogens with one attached hydrogen (secondary N) is 2. The van der Waals surface area contributed by atoms with Gasteiger partial charge in [-0.1, -0.05) is 12.1 Å². The summed E-state index contributed by atoms with van der Waals surface area (Å²) in [6.45, 7) is 9.92. The Kier molecular flexibility index (Phi) is 8.02. The van der Waals surface area contributed by atoms with E-state index in [0.717, 1.165) is 59.0 Å². The van der Waals surface area contributed by atoms with Gasteiger partial charge in [-0.2, -0.15) is 4.98 Å². The molecule has 0 bridgehead atoms. The van der Waals surface area contributed by atoms with Gasteiger partial charge in [-0.25, -0.2) is 4.98 Å². The standard InChI is InChI=1S/C23H32N6O3/c1-5-15-9-16(8-14(4)20(15)31-13-18(30)11-24)21-28-23(32-29-21)17-10-19(25-6-2)22(26-7-3)27-12-17/h8-10,12,18,25,30H,5-7,11,13,24H2,1-4H3,(H,26,27). The fourth-order valence-electron chi connectivity index (χ4n) is 3.37. The minimum absolute atomic E-state index is 0.153. The van der Waals surface area contributed by atoms with Crippen LogP contribution in [0, 0.1) is 6.92 Å². The van der Waals surface area contributed by atoms with Gasteiger partial charge in [0, 0.05) is 31.4 Å². The molecular weight excluding hydrogens is 408 g/mol. The Morgan fingerprint density at radius 2 is 1.91 bits per heavy atom. The highest BCUT2D eigenvalue weighted by Crippen LogP contribution is 2.32. The highest BCUT2D eigenvalue weighted by Gasteiger charge is 2.17. The quantitative estimate of drug-likeness (QED) is 0.355. The van der Waals surface area contributed by atoms with Crippen LogP contribution in [0.1, 0.15) is 31.9 Å². The van der Waals surface area contributed by atoms with E-state index in [1.165, 1.54) is 0 Å². The number of ether oxygens (including phenoxy) is 1. The van der Waals surface area contributed by atoms with Crippen molar-refractivity contribution in [3.05, 3.63) is 35.5 Å². The SMILES string of the molecule is CCNc1cc(-c2nc(-c3cc(C)c(OCC(O)CN)c(CC)c3)no2)cnc1NCC. The second-order valence-electron chi connectivity index (χ2n) is 7.44. The van der Waals surface area contributed by atoms with Crippen LogP contribution in [0.3, 0.4) is 0 Å². The average Bonchev–Trinajstić information content (AvgIpc) is 3.29. The number of benzene rings is 1. The van der Waals surface area contributed by atoms with Crippen LogP contribution in [0.25, 0.3) is 22.8 Å². The molecule has 2 heterocycles. The van der Waals surface area contributed by atoms with Crippen LogP contribution in [0.15, 0.2) is 28.9 Å². The van der Waals surface area contributed by atoms with Crippen molar-refractivity contribution in [1.29, 1.82) is 0 Å². The lowest BCUT2D eigenvalue weighted by Crippen LogP contribution is -2.27. The predicted molar refractivity (Wildman–Crippen MR) is 126 cm³/mol. The summed E-state index contributed by atoms with van der Waals surface area (Å²) < 4.78 is 11.4. The van der Waals surface area contributed by atoms with Gasteiger partial charge in [0.1, 0.15) is 24.3 Å². The third-order valence-corrected chi connectivity index (χ3v) is 4.95. The summed E-state index contributed by atoms with van der Waals surface area (Å²) >= 11 is 0. The smallest absolute Gasteiger partial charge is 0.259 e. The van der Waals surface area contributed by atoms with E-state index in [9.17, 15) is 5.11 Å². The molecule has 1 atom stereocenters. The Morgan fingerprint density at radius 1 is 1.12 bits per heavy atom. The number of hydrogen-bond acceptors (Lipinski definition) is 9. The number of aryl methyl sites for hydroxylation is 2. The largest absolute Gasteiger partial charge is 0.490 e. The molecule has 2 aromatic heterocycles. The van der Waals surface area contributed by atoms with Crippen LogP contribution in [-0.2, 0) is 6.42 Å². The van der Waals surface area contributed by atoms with E-state index < -0.39 is 6.10 Å². The van der Waals surface area contributed by atoms with Crippen molar-refractivity contribution in [3.8, 4) is 28.6 Å². The number of nitrogens with two attached hydrogens (primary N) is 1. The number of aliphatic hydroxyl groups is 1. The molecule has 0 aliphatic carbocycles. The highest BCUT2D eigenvalue weighted by atomic mass is 16.5. The number of rotatable bonds is 11. The number of pyridine rings is 1. The van der Waals surface area contributed by atoms with Crippen molar-refractivity contribution in [3.63, 3.8) is 0 Å². The van der Waals surface area contributed by atoms with Crippen LogP contribution >= 0.6 is 0 Å². The molecule has 0 amide bonds. The van der Waals surface area contributed by atoms with E-state index >= 15 is 0 Å². The molecular formula is C23H32N6O3. The van der Waals surface area contributed by atoms with Gasteiger partial charge < -0.3 is 30.7 Å². The minimum Gasteiger partial charge on any atom is -0.490 e. The van der Waals surface area contributed by atoms with Crippen LogP contribution in [0.4, 0.5) is 11.5 Å². The molecule has 0 saturated carbocycles. The van der Waals surface area contributed by atoms with E-state index in [1.807, 2.05) is 45.9 Å². The fourth-order valence-corrected chi connectivity index (χ4v) is 3.37. The van der Waals surface area contributed by atoms with Crippen molar-refractivity contribution in [2.75, 3.05) is 36.9 Å². The van der Waals surface area contributed by atoms with Crippen LogP contribution < -0.4 is 21.1 Å². The van der Waals surface area contributed by atoms with Gasteiger partial charge >= 0.3 is 0 Å². The van der Waals surface area contributed by atoms with Crippen LogP contribution in [0.2, 0.25) is 0 Å². The van der Waals surface area contributed by atoms with Crippen molar-refractivity contribution < 1.29 is 14.4 Å². The van der Waals surface area contributed by atoms with E-state index in [0.29, 0.717) is 11.7 Å². The number of nitrogens with zero attached hydrogens (tertiary/aromatic N) is 3. The van der Waals surface area contributed by atoms with E-state index in [1.54, 1.807) is 6.20 Å². The van der Waals surface area contributed by atoms with Gasteiger partial charge in [0.15, 0.2) is 0 Å². The molecule has 0 radical (unpaired) electrons. The first kappa shape index (κ1) is 23.5. The van der Waals surface area contributed by atoms with Crippen molar-refractivity contribution >= 4 is 11.5 Å². The van der Waals surface area contributed by atoms with Crippen molar-refractivity contribution in [2.24, 2.45) is 5.73 Å². The van der Waals surface area contributed by atoms with Gasteiger partial charge in [0.05, 0.1) is 11.3 Å². The molecule has 5 N–H and O–H groups in total.